The van der Waals surface area contributed by atoms with Crippen LogP contribution >= 0.6 is 11.6 Å². The second-order valence-corrected chi connectivity index (χ2v) is 5.51. The second-order valence-electron chi connectivity index (χ2n) is 5.10. The molecule has 3 heteroatoms. The summed E-state index contributed by atoms with van der Waals surface area (Å²) in [5, 5.41) is 11.0. The van der Waals surface area contributed by atoms with Crippen molar-refractivity contribution >= 4 is 11.6 Å². The molecule has 108 valence electrons. The highest BCUT2D eigenvalue weighted by atomic mass is 35.5. The molecule has 0 amide bonds. The third kappa shape index (κ3) is 5.52. The molecular weight excluding hydrogens is 258 g/mol. The summed E-state index contributed by atoms with van der Waals surface area (Å²) in [5.74, 6) is 0. The lowest BCUT2D eigenvalue weighted by Gasteiger charge is -2.22. The van der Waals surface area contributed by atoms with Crippen LogP contribution in [-0.2, 0) is 0 Å². The molecule has 0 spiro atoms. The lowest BCUT2D eigenvalue weighted by atomic mass is 10.0. The monoisotopic (exact) mass is 283 g/mol. The van der Waals surface area contributed by atoms with E-state index < -0.39 is 6.10 Å². The quantitative estimate of drug-likeness (QED) is 0.773. The molecule has 0 radical (unpaired) electrons. The van der Waals surface area contributed by atoms with Crippen molar-refractivity contribution in [3.63, 3.8) is 0 Å². The highest BCUT2D eigenvalue weighted by Gasteiger charge is 2.11. The molecule has 0 aliphatic heterocycles. The highest BCUT2D eigenvalue weighted by molar-refractivity contribution is 6.31. The summed E-state index contributed by atoms with van der Waals surface area (Å²) in [7, 11) is 0. The Balaban J connectivity index is 2.49. The number of aryl methyl sites for hydroxylation is 1. The summed E-state index contributed by atoms with van der Waals surface area (Å²) < 4.78 is 0. The fourth-order valence-corrected chi connectivity index (χ4v) is 2.27. The van der Waals surface area contributed by atoms with E-state index in [0.717, 1.165) is 42.2 Å². The predicted octanol–water partition coefficient (Wildman–Crippen LogP) is 4.19. The van der Waals surface area contributed by atoms with Crippen molar-refractivity contribution in [2.75, 3.05) is 19.6 Å². The Bertz CT molecular complexity index is 381. The van der Waals surface area contributed by atoms with Gasteiger partial charge >= 0.3 is 0 Å². The Hall–Kier alpha value is -0.570. The van der Waals surface area contributed by atoms with Crippen LogP contribution in [-0.4, -0.2) is 29.6 Å². The molecule has 0 heterocycles. The highest BCUT2D eigenvalue weighted by Crippen LogP contribution is 2.22. The SMILES string of the molecule is CCCCN(CC)CCC(O)c1ccc(Cl)c(C)c1. The summed E-state index contributed by atoms with van der Waals surface area (Å²) in [5.41, 5.74) is 1.99. The first kappa shape index (κ1) is 16.5. The molecule has 0 aromatic heterocycles. The smallest absolute Gasteiger partial charge is 0.0802 e. The number of unbranched alkanes of at least 4 members (excludes halogenated alkanes) is 1. The number of nitrogens with zero attached hydrogens (tertiary/aromatic N) is 1. The summed E-state index contributed by atoms with van der Waals surface area (Å²) in [6.07, 6.45) is 2.82. The number of rotatable bonds is 8. The Morgan fingerprint density at radius 1 is 1.26 bits per heavy atom. The van der Waals surface area contributed by atoms with Crippen LogP contribution in [0.2, 0.25) is 5.02 Å². The summed E-state index contributed by atoms with van der Waals surface area (Å²) in [6, 6.07) is 5.77. The lowest BCUT2D eigenvalue weighted by molar-refractivity contribution is 0.143. The van der Waals surface area contributed by atoms with Crippen LogP contribution in [0, 0.1) is 6.92 Å². The van der Waals surface area contributed by atoms with Gasteiger partial charge in [0.2, 0.25) is 0 Å². The van der Waals surface area contributed by atoms with Crippen molar-refractivity contribution in [1.29, 1.82) is 0 Å². The molecule has 1 unspecified atom stereocenters. The van der Waals surface area contributed by atoms with Gasteiger partial charge in [-0.15, -0.1) is 0 Å². The summed E-state index contributed by atoms with van der Waals surface area (Å²) in [6.45, 7) is 9.47. The molecule has 0 aliphatic rings. The molecule has 0 saturated heterocycles. The van der Waals surface area contributed by atoms with E-state index in [2.05, 4.69) is 18.7 Å². The van der Waals surface area contributed by atoms with E-state index in [-0.39, 0.29) is 0 Å². The van der Waals surface area contributed by atoms with Crippen LogP contribution < -0.4 is 0 Å². The fourth-order valence-electron chi connectivity index (χ4n) is 2.16. The lowest BCUT2D eigenvalue weighted by Crippen LogP contribution is -2.26. The number of aliphatic hydroxyl groups excluding tert-OH is 1. The maximum Gasteiger partial charge on any atom is 0.0802 e. The van der Waals surface area contributed by atoms with Gasteiger partial charge in [0.05, 0.1) is 6.10 Å². The Labute approximate surface area is 122 Å². The molecule has 1 rings (SSSR count). The second kappa shape index (κ2) is 8.57. The molecule has 0 saturated carbocycles. The van der Waals surface area contributed by atoms with Gasteiger partial charge in [-0.25, -0.2) is 0 Å². The van der Waals surface area contributed by atoms with E-state index in [1.807, 2.05) is 25.1 Å². The van der Waals surface area contributed by atoms with Crippen LogP contribution in [0.25, 0.3) is 0 Å². The maximum atomic E-state index is 10.2. The van der Waals surface area contributed by atoms with Crippen molar-refractivity contribution in [2.24, 2.45) is 0 Å². The maximum absolute atomic E-state index is 10.2. The third-order valence-electron chi connectivity index (χ3n) is 3.56. The molecule has 1 aromatic carbocycles. The normalized spacial score (nSPS) is 12.9. The van der Waals surface area contributed by atoms with Gasteiger partial charge in [0.1, 0.15) is 0 Å². The van der Waals surface area contributed by atoms with Crippen molar-refractivity contribution < 1.29 is 5.11 Å². The zero-order chi connectivity index (χ0) is 14.3. The van der Waals surface area contributed by atoms with E-state index in [9.17, 15) is 5.11 Å². The molecule has 0 fully saturated rings. The van der Waals surface area contributed by atoms with Crippen molar-refractivity contribution in [1.82, 2.24) is 4.90 Å². The average Bonchev–Trinajstić information content (AvgIpc) is 2.41. The molecule has 19 heavy (non-hydrogen) atoms. The summed E-state index contributed by atoms with van der Waals surface area (Å²) >= 11 is 6.00. The van der Waals surface area contributed by atoms with E-state index in [4.69, 9.17) is 11.6 Å². The minimum atomic E-state index is -0.397. The third-order valence-corrected chi connectivity index (χ3v) is 3.98. The van der Waals surface area contributed by atoms with Crippen molar-refractivity contribution in [2.45, 2.75) is 46.1 Å². The van der Waals surface area contributed by atoms with Gasteiger partial charge in [-0.3, -0.25) is 0 Å². The van der Waals surface area contributed by atoms with E-state index in [0.29, 0.717) is 0 Å². The molecule has 1 atom stereocenters. The van der Waals surface area contributed by atoms with Gasteiger partial charge in [-0.05, 0) is 50.0 Å². The molecule has 0 aliphatic carbocycles. The fraction of sp³-hybridized carbons (Fsp3) is 0.625. The van der Waals surface area contributed by atoms with Crippen LogP contribution in [0.15, 0.2) is 18.2 Å². The van der Waals surface area contributed by atoms with Gasteiger partial charge in [-0.2, -0.15) is 0 Å². The first-order valence-corrected chi connectivity index (χ1v) is 7.62. The zero-order valence-corrected chi connectivity index (χ0v) is 13.1. The molecular formula is C16H26ClNO. The zero-order valence-electron chi connectivity index (χ0n) is 12.3. The van der Waals surface area contributed by atoms with E-state index in [1.165, 1.54) is 12.8 Å². The molecule has 0 bridgehead atoms. The van der Waals surface area contributed by atoms with Crippen molar-refractivity contribution in [3.05, 3.63) is 34.3 Å². The minimum absolute atomic E-state index is 0.397. The minimum Gasteiger partial charge on any atom is -0.388 e. The Kier molecular flexibility index (Phi) is 7.44. The van der Waals surface area contributed by atoms with E-state index >= 15 is 0 Å². The van der Waals surface area contributed by atoms with Crippen LogP contribution in [0.5, 0.6) is 0 Å². The predicted molar refractivity (Wildman–Crippen MR) is 82.8 cm³/mol. The first-order valence-electron chi connectivity index (χ1n) is 7.25. The average molecular weight is 284 g/mol. The topological polar surface area (TPSA) is 23.5 Å². The van der Waals surface area contributed by atoms with Crippen LogP contribution in [0.3, 0.4) is 0 Å². The first-order chi connectivity index (χ1) is 9.08. The largest absolute Gasteiger partial charge is 0.388 e. The molecule has 1 aromatic rings. The summed E-state index contributed by atoms with van der Waals surface area (Å²) in [4.78, 5) is 2.40. The van der Waals surface area contributed by atoms with Gasteiger partial charge in [0.15, 0.2) is 0 Å². The number of aliphatic hydroxyl groups is 1. The van der Waals surface area contributed by atoms with E-state index in [1.54, 1.807) is 0 Å². The van der Waals surface area contributed by atoms with Crippen LogP contribution in [0.1, 0.15) is 50.3 Å². The van der Waals surface area contributed by atoms with Gasteiger partial charge in [-0.1, -0.05) is 44.0 Å². The van der Waals surface area contributed by atoms with Gasteiger partial charge < -0.3 is 10.0 Å². The number of hydrogen-bond donors (Lipinski definition) is 1. The van der Waals surface area contributed by atoms with Crippen LogP contribution in [0.4, 0.5) is 0 Å². The Morgan fingerprint density at radius 2 is 2.00 bits per heavy atom. The molecule has 2 nitrogen and oxygen atoms in total. The van der Waals surface area contributed by atoms with Gasteiger partial charge in [0.25, 0.3) is 0 Å². The van der Waals surface area contributed by atoms with Gasteiger partial charge in [0, 0.05) is 11.6 Å². The van der Waals surface area contributed by atoms with Crippen molar-refractivity contribution in [3.8, 4) is 0 Å². The number of benzene rings is 1. The molecule has 1 N–H and O–H groups in total. The number of hydrogen-bond acceptors (Lipinski definition) is 2. The standard InChI is InChI=1S/C16H26ClNO/c1-4-6-10-18(5-2)11-9-16(19)14-7-8-15(17)13(3)12-14/h7-8,12,16,19H,4-6,9-11H2,1-3H3. The Morgan fingerprint density at radius 3 is 2.58 bits per heavy atom. The number of halogens is 1.